The number of carbonyl (C=O) groups is 1. The van der Waals surface area contributed by atoms with E-state index in [0.717, 1.165) is 25.4 Å². The molecule has 0 aromatic heterocycles. The van der Waals surface area contributed by atoms with Crippen LogP contribution in [-0.4, -0.2) is 48.8 Å². The molecule has 0 aliphatic heterocycles. The Hall–Kier alpha value is -0.810. The normalized spacial score (nSPS) is 17.4. The van der Waals surface area contributed by atoms with Crippen LogP contribution in [0, 0.1) is 5.92 Å². The lowest BCUT2D eigenvalue weighted by Gasteiger charge is -2.36. The van der Waals surface area contributed by atoms with Gasteiger partial charge >= 0.3 is 6.09 Å². The average Bonchev–Trinajstić information content (AvgIpc) is 2.32. The highest BCUT2D eigenvalue weighted by Crippen LogP contribution is 2.27. The third kappa shape index (κ3) is 7.14. The van der Waals surface area contributed by atoms with Crippen molar-refractivity contribution >= 4 is 6.09 Å². The maximum atomic E-state index is 11.6. The van der Waals surface area contributed by atoms with Crippen molar-refractivity contribution < 1.29 is 9.53 Å². The summed E-state index contributed by atoms with van der Waals surface area (Å²) in [4.78, 5) is 14.1. The van der Waals surface area contributed by atoms with E-state index < -0.39 is 5.60 Å². The van der Waals surface area contributed by atoms with Gasteiger partial charge < -0.3 is 15.8 Å². The zero-order valence-corrected chi connectivity index (χ0v) is 14.2. The summed E-state index contributed by atoms with van der Waals surface area (Å²) in [6, 6.07) is 0.338. The number of hydrogen-bond donors (Lipinski definition) is 2. The predicted molar refractivity (Wildman–Crippen MR) is 86.3 cm³/mol. The Labute approximate surface area is 129 Å². The van der Waals surface area contributed by atoms with Gasteiger partial charge in [-0.15, -0.1) is 0 Å². The number of likely N-dealkylation sites (N-methyl/N-ethyl adjacent to an activating group) is 1. The summed E-state index contributed by atoms with van der Waals surface area (Å²) < 4.78 is 5.24. The quantitative estimate of drug-likeness (QED) is 0.722. The van der Waals surface area contributed by atoms with Gasteiger partial charge in [0.2, 0.25) is 0 Å². The molecule has 3 N–H and O–H groups in total. The number of rotatable bonds is 8. The van der Waals surface area contributed by atoms with Crippen molar-refractivity contribution in [2.75, 3.05) is 26.2 Å². The molecule has 1 unspecified atom stereocenters. The standard InChI is InChI=1S/C16H33N3O2/c1-5-19(12-13-7-6-8-13)14(11-17)9-10-18-15(20)21-16(2,3)4/h13-14H,5-12,17H2,1-4H3,(H,18,20). The van der Waals surface area contributed by atoms with Gasteiger partial charge in [-0.2, -0.15) is 0 Å². The molecule has 21 heavy (non-hydrogen) atoms. The second-order valence-corrected chi connectivity index (χ2v) is 6.99. The van der Waals surface area contributed by atoms with Crippen LogP contribution in [0.1, 0.15) is 53.4 Å². The summed E-state index contributed by atoms with van der Waals surface area (Å²) in [6.45, 7) is 11.2. The van der Waals surface area contributed by atoms with E-state index in [4.69, 9.17) is 10.5 Å². The largest absolute Gasteiger partial charge is 0.444 e. The number of ether oxygens (including phenoxy) is 1. The Bertz CT molecular complexity index is 311. The van der Waals surface area contributed by atoms with Gasteiger partial charge in [0.05, 0.1) is 0 Å². The third-order valence-electron chi connectivity index (χ3n) is 4.06. The van der Waals surface area contributed by atoms with Crippen molar-refractivity contribution in [1.29, 1.82) is 0 Å². The molecule has 0 bridgehead atoms. The van der Waals surface area contributed by atoms with E-state index in [9.17, 15) is 4.79 Å². The van der Waals surface area contributed by atoms with Crippen LogP contribution in [0.4, 0.5) is 4.79 Å². The maximum absolute atomic E-state index is 11.6. The monoisotopic (exact) mass is 299 g/mol. The number of nitrogens with zero attached hydrogens (tertiary/aromatic N) is 1. The van der Waals surface area contributed by atoms with Gasteiger partial charge in [-0.3, -0.25) is 4.90 Å². The smallest absolute Gasteiger partial charge is 0.407 e. The summed E-state index contributed by atoms with van der Waals surface area (Å²) in [5.41, 5.74) is 5.47. The molecule has 0 saturated heterocycles. The number of amides is 1. The van der Waals surface area contributed by atoms with Gasteiger partial charge in [-0.1, -0.05) is 13.3 Å². The fourth-order valence-corrected chi connectivity index (χ4v) is 2.65. The molecule has 124 valence electrons. The third-order valence-corrected chi connectivity index (χ3v) is 4.06. The summed E-state index contributed by atoms with van der Waals surface area (Å²) in [5.74, 6) is 0.845. The number of nitrogens with one attached hydrogen (secondary N) is 1. The van der Waals surface area contributed by atoms with Gasteiger partial charge in [-0.05, 0) is 52.5 Å². The van der Waals surface area contributed by atoms with Crippen LogP contribution in [0.2, 0.25) is 0 Å². The minimum Gasteiger partial charge on any atom is -0.444 e. The topological polar surface area (TPSA) is 67.6 Å². The molecule has 0 radical (unpaired) electrons. The zero-order chi connectivity index (χ0) is 15.9. The van der Waals surface area contributed by atoms with Gasteiger partial charge in [0, 0.05) is 25.7 Å². The number of hydrogen-bond acceptors (Lipinski definition) is 4. The van der Waals surface area contributed by atoms with E-state index in [2.05, 4.69) is 17.1 Å². The minimum absolute atomic E-state index is 0.338. The highest BCUT2D eigenvalue weighted by atomic mass is 16.6. The molecule has 1 aliphatic rings. The van der Waals surface area contributed by atoms with Crippen molar-refractivity contribution in [2.45, 2.75) is 65.0 Å². The molecule has 1 atom stereocenters. The molecule has 0 spiro atoms. The molecule has 5 nitrogen and oxygen atoms in total. The molecule has 1 saturated carbocycles. The van der Waals surface area contributed by atoms with E-state index in [0.29, 0.717) is 19.1 Å². The van der Waals surface area contributed by atoms with Crippen LogP contribution in [0.3, 0.4) is 0 Å². The summed E-state index contributed by atoms with van der Waals surface area (Å²) >= 11 is 0. The zero-order valence-electron chi connectivity index (χ0n) is 14.2. The molecule has 0 aromatic carbocycles. The minimum atomic E-state index is -0.447. The van der Waals surface area contributed by atoms with Crippen LogP contribution >= 0.6 is 0 Å². The van der Waals surface area contributed by atoms with Crippen LogP contribution in [0.15, 0.2) is 0 Å². The Balaban J connectivity index is 2.29. The van der Waals surface area contributed by atoms with E-state index >= 15 is 0 Å². The lowest BCUT2D eigenvalue weighted by molar-refractivity contribution is 0.0520. The molecular formula is C16H33N3O2. The number of carbonyl (C=O) groups excluding carboxylic acids is 1. The first-order valence-electron chi connectivity index (χ1n) is 8.26. The van der Waals surface area contributed by atoms with E-state index in [1.54, 1.807) is 0 Å². The van der Waals surface area contributed by atoms with Gasteiger partial charge in [0.15, 0.2) is 0 Å². The average molecular weight is 299 g/mol. The van der Waals surface area contributed by atoms with E-state index in [-0.39, 0.29) is 6.09 Å². The SMILES string of the molecule is CCN(CC1CCC1)C(CN)CCNC(=O)OC(C)(C)C. The molecule has 1 amide bonds. The highest BCUT2D eigenvalue weighted by Gasteiger charge is 2.24. The van der Waals surface area contributed by atoms with Crippen molar-refractivity contribution in [3.63, 3.8) is 0 Å². The Kier molecular flexibility index (Phi) is 7.46. The Morgan fingerprint density at radius 3 is 2.52 bits per heavy atom. The predicted octanol–water partition coefficient (Wildman–Crippen LogP) is 2.35. The van der Waals surface area contributed by atoms with Gasteiger partial charge in [-0.25, -0.2) is 4.79 Å². The summed E-state index contributed by atoms with van der Waals surface area (Å²) in [6.07, 6.45) is 4.60. The first kappa shape index (κ1) is 18.2. The van der Waals surface area contributed by atoms with Crippen LogP contribution in [0.25, 0.3) is 0 Å². The summed E-state index contributed by atoms with van der Waals surface area (Å²) in [5, 5.41) is 2.82. The van der Waals surface area contributed by atoms with E-state index in [1.165, 1.54) is 19.3 Å². The molecular weight excluding hydrogens is 266 g/mol. The van der Waals surface area contributed by atoms with Crippen LogP contribution in [0.5, 0.6) is 0 Å². The first-order chi connectivity index (χ1) is 9.85. The van der Waals surface area contributed by atoms with Crippen molar-refractivity contribution in [3.8, 4) is 0 Å². The van der Waals surface area contributed by atoms with Gasteiger partial charge in [0.1, 0.15) is 5.60 Å². The molecule has 1 fully saturated rings. The lowest BCUT2D eigenvalue weighted by Crippen LogP contribution is -2.46. The van der Waals surface area contributed by atoms with Crippen LogP contribution < -0.4 is 11.1 Å². The van der Waals surface area contributed by atoms with E-state index in [1.807, 2.05) is 20.8 Å². The van der Waals surface area contributed by atoms with Crippen molar-refractivity contribution in [3.05, 3.63) is 0 Å². The molecule has 1 aliphatic carbocycles. The fraction of sp³-hybridized carbons (Fsp3) is 0.938. The highest BCUT2D eigenvalue weighted by molar-refractivity contribution is 5.67. The first-order valence-corrected chi connectivity index (χ1v) is 8.26. The van der Waals surface area contributed by atoms with Crippen molar-refractivity contribution in [1.82, 2.24) is 10.2 Å². The second-order valence-electron chi connectivity index (χ2n) is 6.99. The number of nitrogens with two attached hydrogens (primary N) is 1. The van der Waals surface area contributed by atoms with Crippen LogP contribution in [-0.2, 0) is 4.74 Å². The maximum Gasteiger partial charge on any atom is 0.407 e. The Morgan fingerprint density at radius 1 is 1.43 bits per heavy atom. The summed E-state index contributed by atoms with van der Waals surface area (Å²) in [7, 11) is 0. The van der Waals surface area contributed by atoms with Crippen molar-refractivity contribution in [2.24, 2.45) is 11.7 Å². The molecule has 0 heterocycles. The molecule has 1 rings (SSSR count). The fourth-order valence-electron chi connectivity index (χ4n) is 2.65. The molecule has 5 heteroatoms. The second kappa shape index (κ2) is 8.59. The number of alkyl carbamates (subject to hydrolysis) is 1. The Morgan fingerprint density at radius 2 is 2.10 bits per heavy atom. The lowest BCUT2D eigenvalue weighted by atomic mass is 9.84. The van der Waals surface area contributed by atoms with Gasteiger partial charge in [0.25, 0.3) is 0 Å². The molecule has 0 aromatic rings.